The Morgan fingerprint density at radius 1 is 1.67 bits per heavy atom. The maximum absolute atomic E-state index is 10.5. The van der Waals surface area contributed by atoms with E-state index >= 15 is 0 Å². The van der Waals surface area contributed by atoms with E-state index in [1.165, 1.54) is 12.1 Å². The van der Waals surface area contributed by atoms with Crippen molar-refractivity contribution in [2.45, 2.75) is 6.10 Å². The predicted molar refractivity (Wildman–Crippen MR) is 61.0 cm³/mol. The average molecular weight is 321 g/mol. The number of epoxide rings is 1. The van der Waals surface area contributed by atoms with E-state index in [9.17, 15) is 10.1 Å². The van der Waals surface area contributed by atoms with Gasteiger partial charge in [0.2, 0.25) is 0 Å². The average Bonchev–Trinajstić information content (AvgIpc) is 2.99. The Labute approximate surface area is 99.7 Å². The molecule has 6 heteroatoms. The lowest BCUT2D eigenvalue weighted by atomic mass is 10.3. The molecule has 0 aromatic heterocycles. The van der Waals surface area contributed by atoms with Gasteiger partial charge in [-0.2, -0.15) is 0 Å². The number of nitro groups is 1. The monoisotopic (exact) mass is 321 g/mol. The van der Waals surface area contributed by atoms with Gasteiger partial charge in [-0.1, -0.05) is 0 Å². The summed E-state index contributed by atoms with van der Waals surface area (Å²) in [5.41, 5.74) is 0.0782. The molecule has 1 aromatic carbocycles. The highest BCUT2D eigenvalue weighted by Crippen LogP contribution is 2.26. The number of nitrogens with zero attached hydrogens (tertiary/aromatic N) is 1. The Kier molecular flexibility index (Phi) is 3.06. The summed E-state index contributed by atoms with van der Waals surface area (Å²) in [7, 11) is 0. The highest BCUT2D eigenvalue weighted by Gasteiger charge is 2.23. The third-order valence-corrected chi connectivity index (χ3v) is 2.80. The molecule has 1 heterocycles. The Hall–Kier alpha value is -0.890. The summed E-state index contributed by atoms with van der Waals surface area (Å²) in [5.74, 6) is 0.664. The lowest BCUT2D eigenvalue weighted by Crippen LogP contribution is -2.05. The van der Waals surface area contributed by atoms with Gasteiger partial charge in [-0.05, 0) is 28.7 Å². The van der Waals surface area contributed by atoms with Crippen LogP contribution in [0, 0.1) is 13.7 Å². The van der Waals surface area contributed by atoms with Crippen LogP contribution in [0.4, 0.5) is 5.69 Å². The number of nitro benzene ring substituents is 1. The Balaban J connectivity index is 2.07. The molecule has 0 spiro atoms. The van der Waals surface area contributed by atoms with Crippen LogP contribution in [0.2, 0.25) is 0 Å². The molecule has 1 aromatic rings. The largest absolute Gasteiger partial charge is 0.490 e. The molecule has 1 fully saturated rings. The molecule has 1 aliphatic rings. The van der Waals surface area contributed by atoms with E-state index < -0.39 is 4.92 Å². The van der Waals surface area contributed by atoms with Crippen LogP contribution in [-0.4, -0.2) is 24.2 Å². The summed E-state index contributed by atoms with van der Waals surface area (Å²) in [6.45, 7) is 1.25. The standard InChI is InChI=1S/C9H8INO4/c10-8-3-6(11(12)13)1-2-9(8)15-5-7-4-14-7/h1-3,7H,4-5H2. The van der Waals surface area contributed by atoms with Gasteiger partial charge < -0.3 is 9.47 Å². The fraction of sp³-hybridized carbons (Fsp3) is 0.333. The van der Waals surface area contributed by atoms with Gasteiger partial charge in [0.1, 0.15) is 18.5 Å². The van der Waals surface area contributed by atoms with Crippen LogP contribution < -0.4 is 4.74 Å². The molecule has 2 rings (SSSR count). The summed E-state index contributed by atoms with van der Waals surface area (Å²) >= 11 is 2.02. The maximum atomic E-state index is 10.5. The first kappa shape index (κ1) is 10.6. The first-order valence-corrected chi connectivity index (χ1v) is 5.43. The quantitative estimate of drug-likeness (QED) is 0.368. The minimum absolute atomic E-state index is 0.0782. The van der Waals surface area contributed by atoms with Crippen molar-refractivity contribution in [3.05, 3.63) is 31.9 Å². The van der Waals surface area contributed by atoms with Crippen molar-refractivity contribution in [2.75, 3.05) is 13.2 Å². The van der Waals surface area contributed by atoms with Gasteiger partial charge in [0.05, 0.1) is 15.1 Å². The molecular weight excluding hydrogens is 313 g/mol. The minimum Gasteiger partial charge on any atom is -0.490 e. The minimum atomic E-state index is -0.421. The van der Waals surface area contributed by atoms with E-state index in [2.05, 4.69) is 0 Å². The Morgan fingerprint density at radius 3 is 2.93 bits per heavy atom. The second-order valence-electron chi connectivity index (χ2n) is 3.14. The van der Waals surface area contributed by atoms with Crippen molar-refractivity contribution in [3.8, 4) is 5.75 Å². The van der Waals surface area contributed by atoms with E-state index in [1.807, 2.05) is 22.6 Å². The smallest absolute Gasteiger partial charge is 0.270 e. The number of hydrogen-bond acceptors (Lipinski definition) is 4. The first-order chi connectivity index (χ1) is 7.16. The van der Waals surface area contributed by atoms with Crippen LogP contribution >= 0.6 is 22.6 Å². The first-order valence-electron chi connectivity index (χ1n) is 4.35. The van der Waals surface area contributed by atoms with Crippen molar-refractivity contribution >= 4 is 28.3 Å². The second-order valence-corrected chi connectivity index (χ2v) is 4.30. The second kappa shape index (κ2) is 4.31. The van der Waals surface area contributed by atoms with Gasteiger partial charge in [0, 0.05) is 12.1 Å². The molecule has 0 N–H and O–H groups in total. The van der Waals surface area contributed by atoms with E-state index in [1.54, 1.807) is 6.07 Å². The number of ether oxygens (including phenoxy) is 2. The van der Waals surface area contributed by atoms with Crippen LogP contribution in [0.3, 0.4) is 0 Å². The van der Waals surface area contributed by atoms with E-state index in [0.717, 1.165) is 10.2 Å². The number of rotatable bonds is 4. The fourth-order valence-electron chi connectivity index (χ4n) is 1.07. The number of benzene rings is 1. The summed E-state index contributed by atoms with van der Waals surface area (Å²) in [6.07, 6.45) is 0.191. The zero-order chi connectivity index (χ0) is 10.8. The van der Waals surface area contributed by atoms with Gasteiger partial charge >= 0.3 is 0 Å². The van der Waals surface area contributed by atoms with Crippen molar-refractivity contribution in [1.29, 1.82) is 0 Å². The molecule has 1 atom stereocenters. The molecule has 0 amide bonds. The normalized spacial score (nSPS) is 18.6. The fourth-order valence-corrected chi connectivity index (χ4v) is 1.72. The summed E-state index contributed by atoms with van der Waals surface area (Å²) in [6, 6.07) is 4.54. The highest BCUT2D eigenvalue weighted by molar-refractivity contribution is 14.1. The predicted octanol–water partition coefficient (Wildman–Crippen LogP) is 1.98. The molecule has 15 heavy (non-hydrogen) atoms. The third kappa shape index (κ3) is 2.78. The molecule has 1 unspecified atom stereocenters. The Bertz CT molecular complexity index is 392. The van der Waals surface area contributed by atoms with Crippen LogP contribution in [0.15, 0.2) is 18.2 Å². The van der Waals surface area contributed by atoms with Crippen LogP contribution in [0.5, 0.6) is 5.75 Å². The van der Waals surface area contributed by atoms with Crippen molar-refractivity contribution < 1.29 is 14.4 Å². The van der Waals surface area contributed by atoms with Crippen molar-refractivity contribution in [1.82, 2.24) is 0 Å². The maximum Gasteiger partial charge on any atom is 0.270 e. The lowest BCUT2D eigenvalue weighted by molar-refractivity contribution is -0.385. The van der Waals surface area contributed by atoms with Crippen LogP contribution in [0.1, 0.15) is 0 Å². The van der Waals surface area contributed by atoms with Gasteiger partial charge in [0.25, 0.3) is 5.69 Å². The molecular formula is C9H8INO4. The topological polar surface area (TPSA) is 64.9 Å². The SMILES string of the molecule is O=[N+]([O-])c1ccc(OCC2CO2)c(I)c1. The van der Waals surface area contributed by atoms with E-state index in [4.69, 9.17) is 9.47 Å². The number of hydrogen-bond donors (Lipinski definition) is 0. The van der Waals surface area contributed by atoms with E-state index in [-0.39, 0.29) is 11.8 Å². The zero-order valence-electron chi connectivity index (χ0n) is 7.68. The molecule has 1 aliphatic heterocycles. The Morgan fingerprint density at radius 2 is 2.40 bits per heavy atom. The highest BCUT2D eigenvalue weighted by atomic mass is 127. The summed E-state index contributed by atoms with van der Waals surface area (Å²) in [5, 5.41) is 10.5. The van der Waals surface area contributed by atoms with Crippen LogP contribution in [0.25, 0.3) is 0 Å². The summed E-state index contributed by atoms with van der Waals surface area (Å²) < 4.78 is 11.2. The van der Waals surface area contributed by atoms with Crippen LogP contribution in [-0.2, 0) is 4.74 Å². The molecule has 0 aliphatic carbocycles. The van der Waals surface area contributed by atoms with Gasteiger partial charge in [-0.3, -0.25) is 10.1 Å². The molecule has 0 radical (unpaired) electrons. The molecule has 0 bridgehead atoms. The van der Waals surface area contributed by atoms with Gasteiger partial charge in [-0.25, -0.2) is 0 Å². The van der Waals surface area contributed by atoms with Gasteiger partial charge in [-0.15, -0.1) is 0 Å². The summed E-state index contributed by atoms with van der Waals surface area (Å²) in [4.78, 5) is 10.1. The van der Waals surface area contributed by atoms with Crippen molar-refractivity contribution in [3.63, 3.8) is 0 Å². The van der Waals surface area contributed by atoms with Gasteiger partial charge in [0.15, 0.2) is 0 Å². The van der Waals surface area contributed by atoms with E-state index in [0.29, 0.717) is 12.4 Å². The molecule has 5 nitrogen and oxygen atoms in total. The molecule has 80 valence electrons. The lowest BCUT2D eigenvalue weighted by Gasteiger charge is -2.05. The zero-order valence-corrected chi connectivity index (χ0v) is 9.84. The molecule has 0 saturated carbocycles. The third-order valence-electron chi connectivity index (χ3n) is 1.95. The number of halogens is 1. The number of non-ortho nitro benzene ring substituents is 1. The molecule has 1 saturated heterocycles. The van der Waals surface area contributed by atoms with Crippen molar-refractivity contribution in [2.24, 2.45) is 0 Å².